The van der Waals surface area contributed by atoms with E-state index >= 15 is 0 Å². The number of aromatic hydroxyl groups is 2. The lowest BCUT2D eigenvalue weighted by Gasteiger charge is -2.10. The van der Waals surface area contributed by atoms with Gasteiger partial charge in [0.1, 0.15) is 11.5 Å². The third-order valence-electron chi connectivity index (χ3n) is 2.99. The van der Waals surface area contributed by atoms with Gasteiger partial charge in [-0.1, -0.05) is 24.3 Å². The Balaban J connectivity index is 2.73. The third kappa shape index (κ3) is 3.06. The summed E-state index contributed by atoms with van der Waals surface area (Å²) in [5.41, 5.74) is -0.511. The molecule has 0 saturated heterocycles. The van der Waals surface area contributed by atoms with Crippen LogP contribution in [0.2, 0.25) is 0 Å². The number of carboxylic acids is 2. The first-order chi connectivity index (χ1) is 10.4. The van der Waals surface area contributed by atoms with Gasteiger partial charge in [0.25, 0.3) is 0 Å². The molecule has 0 amide bonds. The predicted octanol–water partition coefficient (Wildman–Crippen LogP) is 2.18. The monoisotopic (exact) mass is 300 g/mol. The molecule has 0 aromatic heterocycles. The van der Waals surface area contributed by atoms with Gasteiger partial charge in [0.2, 0.25) is 0 Å². The highest BCUT2D eigenvalue weighted by atomic mass is 16.4. The van der Waals surface area contributed by atoms with E-state index in [9.17, 15) is 30.0 Å². The molecule has 0 bridgehead atoms. The van der Waals surface area contributed by atoms with Gasteiger partial charge >= 0.3 is 11.9 Å². The molecule has 0 spiro atoms. The van der Waals surface area contributed by atoms with E-state index in [-0.39, 0.29) is 22.6 Å². The van der Waals surface area contributed by atoms with Crippen LogP contribution in [-0.4, -0.2) is 32.4 Å². The van der Waals surface area contributed by atoms with Crippen LogP contribution in [0.25, 0.3) is 11.1 Å². The Morgan fingerprint density at radius 2 is 0.864 bits per heavy atom. The average Bonchev–Trinajstić information content (AvgIpc) is 2.46. The smallest absolute Gasteiger partial charge is 0.337 e. The summed E-state index contributed by atoms with van der Waals surface area (Å²) in [6.45, 7) is 0. The number of hydrogen-bond acceptors (Lipinski definition) is 4. The fourth-order valence-electron chi connectivity index (χ4n) is 2.01. The molecule has 0 fully saturated rings. The summed E-state index contributed by atoms with van der Waals surface area (Å²) in [6, 6.07) is 10.4. The molecule has 0 aliphatic carbocycles. The van der Waals surface area contributed by atoms with Crippen LogP contribution >= 0.6 is 0 Å². The van der Waals surface area contributed by atoms with E-state index in [1.165, 1.54) is 48.5 Å². The van der Waals surface area contributed by atoms with E-state index in [1.807, 2.05) is 0 Å². The van der Waals surface area contributed by atoms with Gasteiger partial charge < -0.3 is 20.4 Å². The second-order valence-electron chi connectivity index (χ2n) is 4.45. The van der Waals surface area contributed by atoms with Gasteiger partial charge in [-0.2, -0.15) is 0 Å². The van der Waals surface area contributed by atoms with E-state index in [2.05, 4.69) is 0 Å². The van der Waals surface area contributed by atoms with Crippen LogP contribution in [0.5, 0.6) is 11.5 Å². The maximum absolute atomic E-state index is 11.5. The molecular formula is C16H12O6. The second-order valence-corrected chi connectivity index (χ2v) is 4.45. The lowest BCUT2D eigenvalue weighted by Crippen LogP contribution is -2.10. The highest BCUT2D eigenvalue weighted by molar-refractivity contribution is 6.36. The molecule has 0 atom stereocenters. The summed E-state index contributed by atoms with van der Waals surface area (Å²) in [5.74, 6) is -2.93. The summed E-state index contributed by atoms with van der Waals surface area (Å²) >= 11 is 0. The highest BCUT2D eigenvalue weighted by Gasteiger charge is 2.23. The first-order valence-corrected chi connectivity index (χ1v) is 6.20. The number of phenolic OH excluding ortho intramolecular Hbond substituents is 2. The third-order valence-corrected chi connectivity index (χ3v) is 2.99. The first kappa shape index (κ1) is 15.1. The zero-order valence-electron chi connectivity index (χ0n) is 11.2. The largest absolute Gasteiger partial charge is 0.508 e. The number of carboxylic acid groups (broad SMARTS) is 2. The van der Waals surface area contributed by atoms with Crippen molar-refractivity contribution in [2.75, 3.05) is 0 Å². The molecule has 0 aliphatic heterocycles. The van der Waals surface area contributed by atoms with Gasteiger partial charge in [-0.05, 0) is 35.4 Å². The van der Waals surface area contributed by atoms with E-state index in [1.54, 1.807) is 0 Å². The maximum Gasteiger partial charge on any atom is 0.337 e. The molecule has 0 heterocycles. The molecule has 0 radical (unpaired) electrons. The lowest BCUT2D eigenvalue weighted by molar-refractivity contribution is -0.132. The zero-order valence-corrected chi connectivity index (χ0v) is 11.2. The molecule has 112 valence electrons. The minimum absolute atomic E-state index is 0.0602. The summed E-state index contributed by atoms with van der Waals surface area (Å²) in [4.78, 5) is 23.1. The fourth-order valence-corrected chi connectivity index (χ4v) is 2.01. The van der Waals surface area contributed by atoms with Crippen LogP contribution < -0.4 is 0 Å². The van der Waals surface area contributed by atoms with E-state index in [4.69, 9.17) is 0 Å². The van der Waals surface area contributed by atoms with Crippen molar-refractivity contribution >= 4 is 23.1 Å². The molecule has 0 aliphatic rings. The van der Waals surface area contributed by atoms with Crippen LogP contribution in [0.15, 0.2) is 48.5 Å². The quantitative estimate of drug-likeness (QED) is 0.508. The summed E-state index contributed by atoms with van der Waals surface area (Å²) in [7, 11) is 0. The molecule has 0 saturated carbocycles. The Labute approximate surface area is 125 Å². The van der Waals surface area contributed by atoms with Crippen LogP contribution in [-0.2, 0) is 9.59 Å². The fraction of sp³-hybridized carbons (Fsp3) is 0. The Kier molecular flexibility index (Phi) is 4.13. The van der Waals surface area contributed by atoms with Crippen molar-refractivity contribution in [3.05, 3.63) is 59.7 Å². The van der Waals surface area contributed by atoms with E-state index in [0.29, 0.717) is 0 Å². The van der Waals surface area contributed by atoms with E-state index < -0.39 is 23.1 Å². The summed E-state index contributed by atoms with van der Waals surface area (Å²) < 4.78 is 0. The van der Waals surface area contributed by atoms with Gasteiger partial charge in [-0.25, -0.2) is 9.59 Å². The minimum atomic E-state index is -1.41. The van der Waals surface area contributed by atoms with E-state index in [0.717, 1.165) is 0 Å². The normalized spacial score (nSPS) is 11.6. The van der Waals surface area contributed by atoms with Crippen LogP contribution in [0.1, 0.15) is 11.1 Å². The molecular weight excluding hydrogens is 288 g/mol. The molecule has 2 aromatic carbocycles. The molecule has 2 aromatic rings. The van der Waals surface area contributed by atoms with Gasteiger partial charge in [0.05, 0.1) is 11.1 Å². The average molecular weight is 300 g/mol. The standard InChI is InChI=1S/C16H12O6/c17-11-5-1-9(2-6-11)13(15(19)20)14(16(21)22)10-3-7-12(18)8-4-10/h1-8,17-18H,(H,19,20)(H,21,22)/b14-13-. The number of benzene rings is 2. The van der Waals surface area contributed by atoms with Crippen LogP contribution in [0.4, 0.5) is 0 Å². The van der Waals surface area contributed by atoms with Gasteiger partial charge in [-0.15, -0.1) is 0 Å². The number of hydrogen-bond donors (Lipinski definition) is 4. The number of carbonyl (C=O) groups is 2. The molecule has 0 unspecified atom stereocenters. The van der Waals surface area contributed by atoms with Crippen molar-refractivity contribution in [2.45, 2.75) is 0 Å². The molecule has 6 heteroatoms. The number of aliphatic carboxylic acids is 2. The predicted molar refractivity (Wildman–Crippen MR) is 78.3 cm³/mol. The number of rotatable bonds is 4. The van der Waals surface area contributed by atoms with Gasteiger partial charge in [-0.3, -0.25) is 0 Å². The van der Waals surface area contributed by atoms with Crippen molar-refractivity contribution in [2.24, 2.45) is 0 Å². The van der Waals surface area contributed by atoms with Crippen molar-refractivity contribution in [1.82, 2.24) is 0 Å². The Hall–Kier alpha value is -3.28. The highest BCUT2D eigenvalue weighted by Crippen LogP contribution is 2.29. The zero-order chi connectivity index (χ0) is 16.3. The summed E-state index contributed by atoms with van der Waals surface area (Å²) in [6.07, 6.45) is 0. The maximum atomic E-state index is 11.5. The van der Waals surface area contributed by atoms with Crippen molar-refractivity contribution in [3.8, 4) is 11.5 Å². The van der Waals surface area contributed by atoms with Gasteiger partial charge in [0, 0.05) is 0 Å². The second kappa shape index (κ2) is 6.01. The summed E-state index contributed by atoms with van der Waals surface area (Å²) in [5, 5.41) is 37.3. The van der Waals surface area contributed by atoms with Crippen molar-refractivity contribution in [3.63, 3.8) is 0 Å². The van der Waals surface area contributed by atoms with Crippen LogP contribution in [0.3, 0.4) is 0 Å². The Morgan fingerprint density at radius 1 is 0.591 bits per heavy atom. The Bertz CT molecular complexity index is 676. The lowest BCUT2D eigenvalue weighted by atomic mass is 9.94. The molecule has 2 rings (SSSR count). The minimum Gasteiger partial charge on any atom is -0.508 e. The molecule has 22 heavy (non-hydrogen) atoms. The molecule has 4 N–H and O–H groups in total. The van der Waals surface area contributed by atoms with Crippen molar-refractivity contribution in [1.29, 1.82) is 0 Å². The topological polar surface area (TPSA) is 115 Å². The Morgan fingerprint density at radius 3 is 1.09 bits per heavy atom. The van der Waals surface area contributed by atoms with Crippen molar-refractivity contribution < 1.29 is 30.0 Å². The van der Waals surface area contributed by atoms with Crippen LogP contribution in [0, 0.1) is 0 Å². The van der Waals surface area contributed by atoms with Gasteiger partial charge in [0.15, 0.2) is 0 Å². The number of phenols is 2. The first-order valence-electron chi connectivity index (χ1n) is 6.20. The molecule has 6 nitrogen and oxygen atoms in total. The SMILES string of the molecule is O=C(O)/C(=C(\C(=O)O)c1ccc(O)cc1)c1ccc(O)cc1.